The van der Waals surface area contributed by atoms with E-state index in [1.54, 1.807) is 24.4 Å². The van der Waals surface area contributed by atoms with Gasteiger partial charge >= 0.3 is 0 Å². The van der Waals surface area contributed by atoms with Crippen LogP contribution in [0.25, 0.3) is 17.1 Å². The van der Waals surface area contributed by atoms with Gasteiger partial charge < -0.3 is 10.4 Å². The minimum absolute atomic E-state index is 0.232. The lowest BCUT2D eigenvalue weighted by Crippen LogP contribution is -2.39. The van der Waals surface area contributed by atoms with Crippen molar-refractivity contribution in [3.05, 3.63) is 106 Å². The van der Waals surface area contributed by atoms with E-state index in [1.165, 1.54) is 0 Å². The third-order valence-electron chi connectivity index (χ3n) is 5.93. The Kier molecular flexibility index (Phi) is 5.94. The molecular formula is C26H21Cl2N3O2. The number of imidazole rings is 1. The van der Waals surface area contributed by atoms with Crippen molar-refractivity contribution in [2.24, 2.45) is 0 Å². The largest absolute Gasteiger partial charge is 0.391 e. The Hall–Kier alpha value is -3.12. The minimum Gasteiger partial charge on any atom is -0.391 e. The topological polar surface area (TPSA) is 67.2 Å². The highest BCUT2D eigenvalue weighted by molar-refractivity contribution is 6.33. The number of amides is 1. The van der Waals surface area contributed by atoms with E-state index >= 15 is 0 Å². The lowest BCUT2D eigenvalue weighted by atomic mass is 9.85. The van der Waals surface area contributed by atoms with Crippen molar-refractivity contribution in [2.75, 3.05) is 0 Å². The summed E-state index contributed by atoms with van der Waals surface area (Å²) < 4.78 is 1.82. The zero-order chi connectivity index (χ0) is 22.9. The van der Waals surface area contributed by atoms with Crippen LogP contribution in [0.3, 0.4) is 0 Å². The number of aliphatic hydroxyl groups is 1. The van der Waals surface area contributed by atoms with Crippen LogP contribution in [-0.2, 0) is 6.42 Å². The molecule has 4 aromatic rings. The molecule has 0 unspecified atom stereocenters. The van der Waals surface area contributed by atoms with Crippen LogP contribution in [0.4, 0.5) is 0 Å². The molecule has 0 saturated carbocycles. The van der Waals surface area contributed by atoms with Crippen molar-refractivity contribution in [1.82, 2.24) is 14.9 Å². The van der Waals surface area contributed by atoms with Gasteiger partial charge in [0.15, 0.2) is 0 Å². The highest BCUT2D eigenvalue weighted by Crippen LogP contribution is 2.32. The molecule has 1 heterocycles. The van der Waals surface area contributed by atoms with Gasteiger partial charge in [-0.25, -0.2) is 4.98 Å². The summed E-state index contributed by atoms with van der Waals surface area (Å²) in [6.45, 7) is 0. The van der Waals surface area contributed by atoms with Crippen molar-refractivity contribution in [3.63, 3.8) is 0 Å². The Morgan fingerprint density at radius 2 is 1.73 bits per heavy atom. The molecule has 7 heteroatoms. The van der Waals surface area contributed by atoms with Crippen LogP contribution in [0.5, 0.6) is 0 Å². The SMILES string of the molecule is O=C(N[C@H]1c2ccccc2CC[C@@H]1O)c1cn(-c2ccc(Cl)cc2)c(-c2ccccc2Cl)n1. The van der Waals surface area contributed by atoms with E-state index in [2.05, 4.69) is 10.3 Å². The Labute approximate surface area is 201 Å². The smallest absolute Gasteiger partial charge is 0.272 e. The van der Waals surface area contributed by atoms with Crippen molar-refractivity contribution < 1.29 is 9.90 Å². The fourth-order valence-corrected chi connectivity index (χ4v) is 4.60. The van der Waals surface area contributed by atoms with Crippen molar-refractivity contribution >= 4 is 29.1 Å². The summed E-state index contributed by atoms with van der Waals surface area (Å²) in [6, 6.07) is 22.0. The number of aromatic nitrogens is 2. The average Bonchev–Trinajstić information content (AvgIpc) is 3.27. The summed E-state index contributed by atoms with van der Waals surface area (Å²) in [7, 11) is 0. The molecule has 0 radical (unpaired) electrons. The van der Waals surface area contributed by atoms with Gasteiger partial charge in [-0.2, -0.15) is 0 Å². The Bertz CT molecular complexity index is 1320. The van der Waals surface area contributed by atoms with Crippen LogP contribution in [0, 0.1) is 0 Å². The van der Waals surface area contributed by atoms with Gasteiger partial charge in [-0.1, -0.05) is 59.6 Å². The average molecular weight is 478 g/mol. The van der Waals surface area contributed by atoms with Gasteiger partial charge in [-0.05, 0) is 60.4 Å². The molecule has 0 saturated heterocycles. The summed E-state index contributed by atoms with van der Waals surface area (Å²) in [4.78, 5) is 17.9. The zero-order valence-corrected chi connectivity index (χ0v) is 19.1. The van der Waals surface area contributed by atoms with E-state index in [9.17, 15) is 9.90 Å². The van der Waals surface area contributed by atoms with E-state index in [1.807, 2.05) is 59.2 Å². The fraction of sp³-hybridized carbons (Fsp3) is 0.154. The van der Waals surface area contributed by atoms with E-state index < -0.39 is 12.1 Å². The van der Waals surface area contributed by atoms with Gasteiger partial charge in [-0.15, -0.1) is 0 Å². The van der Waals surface area contributed by atoms with Crippen molar-refractivity contribution in [3.8, 4) is 17.1 Å². The van der Waals surface area contributed by atoms with Crippen LogP contribution in [0.2, 0.25) is 10.0 Å². The molecule has 5 nitrogen and oxygen atoms in total. The maximum absolute atomic E-state index is 13.3. The molecule has 3 aromatic carbocycles. The Morgan fingerprint density at radius 1 is 1.00 bits per heavy atom. The normalized spacial score (nSPS) is 17.4. The molecular weight excluding hydrogens is 457 g/mol. The maximum atomic E-state index is 13.3. The maximum Gasteiger partial charge on any atom is 0.272 e. The highest BCUT2D eigenvalue weighted by Gasteiger charge is 2.30. The standard InChI is InChI=1S/C26H21Cl2N3O2/c27-17-10-12-18(13-11-17)31-15-22(29-25(31)20-7-3-4-8-21(20)28)26(33)30-24-19-6-2-1-5-16(19)9-14-23(24)32/h1-8,10-13,15,23-24,32H,9,14H2,(H,30,33)/t23-,24-/m0/s1. The molecule has 166 valence electrons. The predicted octanol–water partition coefficient (Wildman–Crippen LogP) is 5.62. The van der Waals surface area contributed by atoms with E-state index in [0.717, 1.165) is 23.2 Å². The van der Waals surface area contributed by atoms with Crippen molar-refractivity contribution in [1.29, 1.82) is 0 Å². The minimum atomic E-state index is -0.662. The number of fused-ring (bicyclic) bond motifs is 1. The first-order valence-corrected chi connectivity index (χ1v) is 11.4. The second-order valence-corrected chi connectivity index (χ2v) is 8.88. The Morgan fingerprint density at radius 3 is 2.52 bits per heavy atom. The van der Waals surface area contributed by atoms with Gasteiger partial charge in [0.05, 0.1) is 17.2 Å². The van der Waals surface area contributed by atoms with Crippen LogP contribution >= 0.6 is 23.2 Å². The number of aliphatic hydroxyl groups excluding tert-OH is 1. The van der Waals surface area contributed by atoms with Crippen LogP contribution in [-0.4, -0.2) is 26.7 Å². The highest BCUT2D eigenvalue weighted by atomic mass is 35.5. The summed E-state index contributed by atoms with van der Waals surface area (Å²) in [6.07, 6.45) is 2.39. The van der Waals surface area contributed by atoms with E-state index in [-0.39, 0.29) is 11.6 Å². The molecule has 0 bridgehead atoms. The third kappa shape index (κ3) is 4.27. The summed E-state index contributed by atoms with van der Waals surface area (Å²) >= 11 is 12.5. The first-order chi connectivity index (χ1) is 16.0. The van der Waals surface area contributed by atoms with E-state index in [4.69, 9.17) is 23.2 Å². The molecule has 33 heavy (non-hydrogen) atoms. The second-order valence-electron chi connectivity index (χ2n) is 8.03. The van der Waals surface area contributed by atoms with Gasteiger partial charge in [0.25, 0.3) is 5.91 Å². The Balaban J connectivity index is 1.54. The second kappa shape index (κ2) is 9.02. The molecule has 2 atom stereocenters. The molecule has 2 N–H and O–H groups in total. The lowest BCUT2D eigenvalue weighted by Gasteiger charge is -2.30. The molecule has 5 rings (SSSR count). The molecule has 1 amide bonds. The summed E-state index contributed by atoms with van der Waals surface area (Å²) in [5.74, 6) is 0.175. The number of aryl methyl sites for hydroxylation is 1. The van der Waals surface area contributed by atoms with Crippen LogP contribution in [0.15, 0.2) is 79.0 Å². The van der Waals surface area contributed by atoms with Gasteiger partial charge in [0, 0.05) is 22.5 Å². The molecule has 0 aliphatic heterocycles. The van der Waals surface area contributed by atoms with Gasteiger partial charge in [0.1, 0.15) is 11.5 Å². The molecule has 1 aromatic heterocycles. The van der Waals surface area contributed by atoms with Gasteiger partial charge in [0.2, 0.25) is 0 Å². The first kappa shape index (κ1) is 21.7. The quantitative estimate of drug-likeness (QED) is 0.400. The molecule has 1 aliphatic rings. The van der Waals surface area contributed by atoms with Crippen LogP contribution in [0.1, 0.15) is 34.1 Å². The monoisotopic (exact) mass is 477 g/mol. The number of nitrogens with zero attached hydrogens (tertiary/aromatic N) is 2. The lowest BCUT2D eigenvalue weighted by molar-refractivity contribution is 0.0788. The fourth-order valence-electron chi connectivity index (χ4n) is 4.25. The number of halogens is 2. The molecule has 0 fully saturated rings. The number of carbonyl (C=O) groups excluding carboxylic acids is 1. The van der Waals surface area contributed by atoms with Crippen molar-refractivity contribution in [2.45, 2.75) is 25.0 Å². The summed E-state index contributed by atoms with van der Waals surface area (Å²) in [5.41, 5.74) is 3.81. The van der Waals surface area contributed by atoms with Gasteiger partial charge in [-0.3, -0.25) is 9.36 Å². The van der Waals surface area contributed by atoms with E-state index in [0.29, 0.717) is 27.9 Å². The van der Waals surface area contributed by atoms with Crippen LogP contribution < -0.4 is 5.32 Å². The number of hydrogen-bond donors (Lipinski definition) is 2. The number of nitrogens with one attached hydrogen (secondary N) is 1. The third-order valence-corrected chi connectivity index (χ3v) is 6.51. The summed E-state index contributed by atoms with van der Waals surface area (Å²) in [5, 5.41) is 14.8. The number of carbonyl (C=O) groups is 1. The zero-order valence-electron chi connectivity index (χ0n) is 17.6. The number of hydrogen-bond acceptors (Lipinski definition) is 3. The predicted molar refractivity (Wildman–Crippen MR) is 130 cm³/mol. The molecule has 0 spiro atoms. The molecule has 1 aliphatic carbocycles. The number of benzene rings is 3. The number of rotatable bonds is 4. The first-order valence-electron chi connectivity index (χ1n) is 10.7.